The van der Waals surface area contributed by atoms with E-state index in [1.807, 2.05) is 0 Å². The maximum atomic E-state index is 13.5. The minimum Gasteiger partial charge on any atom is -0.508 e. The molecule has 0 radical (unpaired) electrons. The molecule has 0 heterocycles. The molecular formula is C26H22FNO8. The highest BCUT2D eigenvalue weighted by Gasteiger charge is 2.65. The Morgan fingerprint density at radius 2 is 1.75 bits per heavy atom. The summed E-state index contributed by atoms with van der Waals surface area (Å²) < 4.78 is 13.5. The highest BCUT2D eigenvalue weighted by Crippen LogP contribution is 2.55. The van der Waals surface area contributed by atoms with Crippen molar-refractivity contribution in [3.05, 3.63) is 76.3 Å². The summed E-state index contributed by atoms with van der Waals surface area (Å²) in [5, 5.41) is 55.0. The molecule has 7 N–H and O–H groups in total. The van der Waals surface area contributed by atoms with Gasteiger partial charge in [-0.25, -0.2) is 4.39 Å². The fourth-order valence-corrected chi connectivity index (χ4v) is 5.73. The Balaban J connectivity index is 1.80. The van der Waals surface area contributed by atoms with Crippen molar-refractivity contribution in [2.24, 2.45) is 23.5 Å². The molecule has 186 valence electrons. The van der Waals surface area contributed by atoms with Gasteiger partial charge >= 0.3 is 0 Å². The van der Waals surface area contributed by atoms with Gasteiger partial charge in [0.05, 0.1) is 23.3 Å². The highest BCUT2D eigenvalue weighted by atomic mass is 19.1. The van der Waals surface area contributed by atoms with Crippen LogP contribution in [0, 0.1) is 23.6 Å². The zero-order valence-electron chi connectivity index (χ0n) is 18.6. The molecule has 6 atom stereocenters. The van der Waals surface area contributed by atoms with Gasteiger partial charge in [-0.3, -0.25) is 14.4 Å². The lowest BCUT2D eigenvalue weighted by Crippen LogP contribution is -2.66. The number of aliphatic hydroxyl groups is 4. The van der Waals surface area contributed by atoms with Crippen LogP contribution in [0.5, 0.6) is 5.75 Å². The summed E-state index contributed by atoms with van der Waals surface area (Å²) in [7, 11) is 0. The maximum absolute atomic E-state index is 13.5. The summed E-state index contributed by atoms with van der Waals surface area (Å²) in [4.78, 5) is 38.6. The number of amides is 1. The summed E-state index contributed by atoms with van der Waals surface area (Å²) >= 11 is 0. The van der Waals surface area contributed by atoms with Gasteiger partial charge in [-0.05, 0) is 41.3 Å². The van der Waals surface area contributed by atoms with Gasteiger partial charge in [0.25, 0.3) is 0 Å². The van der Waals surface area contributed by atoms with Crippen molar-refractivity contribution in [1.29, 1.82) is 0 Å². The van der Waals surface area contributed by atoms with E-state index in [1.54, 1.807) is 0 Å². The summed E-state index contributed by atoms with van der Waals surface area (Å²) in [5.41, 5.74) is 2.56. The lowest BCUT2D eigenvalue weighted by molar-refractivity contribution is -0.177. The lowest BCUT2D eigenvalue weighted by atomic mass is 9.55. The van der Waals surface area contributed by atoms with Crippen molar-refractivity contribution in [2.45, 2.75) is 24.2 Å². The third-order valence-electron chi connectivity index (χ3n) is 7.41. The molecule has 9 nitrogen and oxygen atoms in total. The first-order valence-corrected chi connectivity index (χ1v) is 11.2. The second-order valence-corrected chi connectivity index (χ2v) is 9.33. The van der Waals surface area contributed by atoms with Crippen LogP contribution in [0.15, 0.2) is 53.8 Å². The first kappa shape index (κ1) is 23.9. The van der Waals surface area contributed by atoms with Crippen LogP contribution in [0.3, 0.4) is 0 Å². The van der Waals surface area contributed by atoms with E-state index in [2.05, 4.69) is 0 Å². The van der Waals surface area contributed by atoms with Gasteiger partial charge in [-0.2, -0.15) is 0 Å². The van der Waals surface area contributed by atoms with E-state index in [-0.39, 0.29) is 16.7 Å². The van der Waals surface area contributed by atoms with Crippen LogP contribution in [0.4, 0.5) is 4.39 Å². The van der Waals surface area contributed by atoms with Gasteiger partial charge in [0, 0.05) is 11.8 Å². The molecule has 3 aliphatic carbocycles. The van der Waals surface area contributed by atoms with E-state index in [4.69, 9.17) is 5.73 Å². The van der Waals surface area contributed by atoms with Gasteiger partial charge in [0.15, 0.2) is 17.2 Å². The van der Waals surface area contributed by atoms with Crippen molar-refractivity contribution < 1.29 is 44.3 Å². The van der Waals surface area contributed by atoms with Crippen LogP contribution in [0.1, 0.15) is 27.9 Å². The Kier molecular flexibility index (Phi) is 5.36. The molecule has 36 heavy (non-hydrogen) atoms. The fourth-order valence-electron chi connectivity index (χ4n) is 5.73. The standard InChI is InChI=1S/C26H22FNO8/c27-11-6-4-10(5-7-11)8-13-12-2-1-3-15(29)17(12)22(32)20-18(13)21(31)14-9-16(30)19(25(28)35)23(33)26(14,36)24(20)34/h1-8,14,16,18-19,21,29-31,34,36H,9H2,(H2,28,35)/b13-8+/t14-,16?,18-,19?,21-,26-/m1/s1. The van der Waals surface area contributed by atoms with Crippen LogP contribution >= 0.6 is 0 Å². The average molecular weight is 495 g/mol. The highest BCUT2D eigenvalue weighted by molar-refractivity contribution is 6.20. The Morgan fingerprint density at radius 1 is 1.08 bits per heavy atom. The maximum Gasteiger partial charge on any atom is 0.230 e. The van der Waals surface area contributed by atoms with E-state index in [0.29, 0.717) is 5.56 Å². The number of phenolic OH excluding ortho intramolecular Hbond substituents is 1. The van der Waals surface area contributed by atoms with Gasteiger partial charge in [-0.1, -0.05) is 30.3 Å². The molecule has 1 amide bonds. The molecule has 0 spiro atoms. The molecule has 1 saturated carbocycles. The first-order valence-electron chi connectivity index (χ1n) is 11.2. The number of aliphatic hydroxyl groups excluding tert-OH is 3. The van der Waals surface area contributed by atoms with Gasteiger partial charge in [-0.15, -0.1) is 0 Å². The lowest BCUT2D eigenvalue weighted by Gasteiger charge is -2.51. The van der Waals surface area contributed by atoms with Crippen LogP contribution in [-0.2, 0) is 9.59 Å². The van der Waals surface area contributed by atoms with Crippen LogP contribution in [0.2, 0.25) is 0 Å². The largest absolute Gasteiger partial charge is 0.508 e. The van der Waals surface area contributed by atoms with E-state index in [0.717, 1.165) is 0 Å². The predicted octanol–water partition coefficient (Wildman–Crippen LogP) is 0.853. The van der Waals surface area contributed by atoms with Crippen molar-refractivity contribution in [3.63, 3.8) is 0 Å². The molecule has 0 aliphatic heterocycles. The summed E-state index contributed by atoms with van der Waals surface area (Å²) in [5.74, 6) is -10.1. The smallest absolute Gasteiger partial charge is 0.230 e. The van der Waals surface area contributed by atoms with E-state index < -0.39 is 82.4 Å². The van der Waals surface area contributed by atoms with E-state index in [9.17, 15) is 44.3 Å². The van der Waals surface area contributed by atoms with Crippen LogP contribution in [-0.4, -0.2) is 60.8 Å². The number of ketones is 2. The molecule has 10 heteroatoms. The van der Waals surface area contributed by atoms with Crippen molar-refractivity contribution >= 4 is 29.1 Å². The van der Waals surface area contributed by atoms with E-state index >= 15 is 0 Å². The normalized spacial score (nSPS) is 32.7. The SMILES string of the molecule is NC(=O)C1C(=O)[C@@]2(O)C(O)=C3C(=O)c4c(O)cccc4/C(=C\c4ccc(F)cc4)[C@H]3[C@H](O)[C@H]2CC1O. The minimum atomic E-state index is -2.87. The number of primary amides is 1. The molecule has 3 aliphatic rings. The van der Waals surface area contributed by atoms with Crippen LogP contribution in [0.25, 0.3) is 11.6 Å². The van der Waals surface area contributed by atoms with Crippen molar-refractivity contribution in [3.8, 4) is 5.75 Å². The molecule has 0 saturated heterocycles. The second-order valence-electron chi connectivity index (χ2n) is 9.33. The molecule has 5 rings (SSSR count). The number of rotatable bonds is 2. The fraction of sp³-hybridized carbons (Fsp3) is 0.269. The molecular weight excluding hydrogens is 473 g/mol. The van der Waals surface area contributed by atoms with E-state index in [1.165, 1.54) is 48.5 Å². The molecule has 0 bridgehead atoms. The van der Waals surface area contributed by atoms with Gasteiger partial charge in [0.2, 0.25) is 5.91 Å². The number of benzene rings is 2. The number of phenols is 1. The number of aromatic hydroxyl groups is 1. The summed E-state index contributed by atoms with van der Waals surface area (Å²) in [6.45, 7) is 0. The molecule has 2 unspecified atom stereocenters. The number of Topliss-reactive ketones (excluding diaryl/α,β-unsaturated/α-hetero) is 2. The topological polar surface area (TPSA) is 178 Å². The Labute approximate surface area is 203 Å². The Morgan fingerprint density at radius 3 is 2.39 bits per heavy atom. The third-order valence-corrected chi connectivity index (χ3v) is 7.41. The number of nitrogens with two attached hydrogens (primary N) is 1. The number of hydrogen-bond donors (Lipinski definition) is 6. The van der Waals surface area contributed by atoms with Crippen molar-refractivity contribution in [1.82, 2.24) is 0 Å². The first-order chi connectivity index (χ1) is 17.0. The third kappa shape index (κ3) is 3.15. The van der Waals surface area contributed by atoms with Crippen LogP contribution < -0.4 is 5.73 Å². The number of carbonyl (C=O) groups excluding carboxylic acids is 3. The predicted molar refractivity (Wildman–Crippen MR) is 123 cm³/mol. The number of halogens is 1. The number of hydrogen-bond acceptors (Lipinski definition) is 8. The van der Waals surface area contributed by atoms with Crippen molar-refractivity contribution in [2.75, 3.05) is 0 Å². The molecule has 0 aromatic heterocycles. The molecule has 1 fully saturated rings. The molecule has 2 aromatic rings. The Bertz CT molecular complexity index is 1380. The Hall–Kier alpha value is -3.86. The zero-order valence-corrected chi connectivity index (χ0v) is 18.6. The zero-order chi connectivity index (χ0) is 26.1. The number of fused-ring (bicyclic) bond motifs is 3. The monoisotopic (exact) mass is 495 g/mol. The minimum absolute atomic E-state index is 0.229. The summed E-state index contributed by atoms with van der Waals surface area (Å²) in [6, 6.07) is 9.54. The van der Waals surface area contributed by atoms with Gasteiger partial charge < -0.3 is 31.3 Å². The molecule has 2 aromatic carbocycles. The average Bonchev–Trinajstić information content (AvgIpc) is 2.82. The van der Waals surface area contributed by atoms with Gasteiger partial charge in [0.1, 0.15) is 23.2 Å². The second kappa shape index (κ2) is 8.09. The quantitative estimate of drug-likeness (QED) is 0.332. The summed E-state index contributed by atoms with van der Waals surface area (Å²) in [6.07, 6.45) is -2.26. The number of carbonyl (C=O) groups is 3.